The smallest absolute Gasteiger partial charge is 0.311 e. The molecular weight excluding hydrogens is 418 g/mol. The zero-order valence-electron chi connectivity index (χ0n) is 18.8. The van der Waals surface area contributed by atoms with Crippen molar-refractivity contribution in [2.75, 3.05) is 5.32 Å². The lowest BCUT2D eigenvalue weighted by atomic mass is 9.97. The van der Waals surface area contributed by atoms with E-state index in [1.54, 1.807) is 60.4 Å². The van der Waals surface area contributed by atoms with Crippen LogP contribution in [0.1, 0.15) is 27.2 Å². The fourth-order valence-corrected chi connectivity index (χ4v) is 3.58. The Labute approximate surface area is 190 Å². The first-order valence-corrected chi connectivity index (χ1v) is 10.4. The number of aryl methyl sites for hydroxylation is 4. The highest BCUT2D eigenvalue weighted by Gasteiger charge is 2.16. The third-order valence-electron chi connectivity index (χ3n) is 5.41. The third kappa shape index (κ3) is 4.50. The van der Waals surface area contributed by atoms with Crippen LogP contribution < -0.4 is 16.2 Å². The molecule has 3 heterocycles. The van der Waals surface area contributed by atoms with E-state index in [0.717, 1.165) is 27.7 Å². The van der Waals surface area contributed by atoms with E-state index in [1.165, 1.54) is 0 Å². The van der Waals surface area contributed by atoms with Crippen LogP contribution in [0.4, 0.5) is 10.6 Å². The van der Waals surface area contributed by atoms with Crippen LogP contribution in [0.2, 0.25) is 0 Å². The molecule has 4 aromatic rings. The van der Waals surface area contributed by atoms with Gasteiger partial charge >= 0.3 is 6.03 Å². The molecule has 0 aliphatic heterocycles. The normalized spacial score (nSPS) is 10.8. The number of amides is 3. The van der Waals surface area contributed by atoms with Crippen molar-refractivity contribution in [2.45, 2.75) is 20.8 Å². The van der Waals surface area contributed by atoms with Crippen molar-refractivity contribution < 1.29 is 9.59 Å². The molecule has 3 aromatic heterocycles. The van der Waals surface area contributed by atoms with Gasteiger partial charge in [0.15, 0.2) is 0 Å². The Morgan fingerprint density at radius 1 is 0.909 bits per heavy atom. The predicted octanol–water partition coefficient (Wildman–Crippen LogP) is 3.88. The molecule has 0 aliphatic rings. The summed E-state index contributed by atoms with van der Waals surface area (Å²) in [5.74, 6) is -0.255. The lowest BCUT2D eigenvalue weighted by molar-refractivity contribution is 0.0967. The number of aromatic nitrogens is 3. The van der Waals surface area contributed by atoms with Gasteiger partial charge in [-0.25, -0.2) is 9.78 Å². The molecule has 166 valence electrons. The summed E-state index contributed by atoms with van der Waals surface area (Å²) >= 11 is 0. The largest absolute Gasteiger partial charge is 0.327 e. The topological polar surface area (TPSA) is 106 Å². The zero-order chi connectivity index (χ0) is 23.7. The number of fused-ring (bicyclic) bond motifs is 1. The molecule has 0 aliphatic carbocycles. The Morgan fingerprint density at radius 2 is 1.70 bits per heavy atom. The van der Waals surface area contributed by atoms with Gasteiger partial charge in [-0.1, -0.05) is 12.1 Å². The van der Waals surface area contributed by atoms with Gasteiger partial charge in [0.25, 0.3) is 11.5 Å². The summed E-state index contributed by atoms with van der Waals surface area (Å²) < 4.78 is 1.58. The first kappa shape index (κ1) is 21.9. The zero-order valence-corrected chi connectivity index (χ0v) is 18.8. The first-order chi connectivity index (χ1) is 15.7. The number of pyridine rings is 3. The van der Waals surface area contributed by atoms with Crippen molar-refractivity contribution >= 4 is 28.7 Å². The molecule has 3 amide bonds. The number of anilines is 1. The number of hydrogen-bond donors (Lipinski definition) is 2. The molecule has 2 N–H and O–H groups in total. The Kier molecular flexibility index (Phi) is 5.74. The molecule has 0 atom stereocenters. The van der Waals surface area contributed by atoms with Gasteiger partial charge in [0, 0.05) is 41.6 Å². The maximum atomic E-state index is 13.1. The summed E-state index contributed by atoms with van der Waals surface area (Å²) in [4.78, 5) is 46.5. The molecule has 1 aromatic carbocycles. The molecule has 8 nitrogen and oxygen atoms in total. The summed E-state index contributed by atoms with van der Waals surface area (Å²) in [6, 6.07) is 11.4. The monoisotopic (exact) mass is 441 g/mol. The van der Waals surface area contributed by atoms with Gasteiger partial charge in [0.1, 0.15) is 5.82 Å². The van der Waals surface area contributed by atoms with Crippen LogP contribution in [0, 0.1) is 20.8 Å². The van der Waals surface area contributed by atoms with Gasteiger partial charge < -0.3 is 4.57 Å². The van der Waals surface area contributed by atoms with Crippen molar-refractivity contribution in [1.29, 1.82) is 0 Å². The van der Waals surface area contributed by atoms with Crippen LogP contribution >= 0.6 is 0 Å². The van der Waals surface area contributed by atoms with E-state index in [0.29, 0.717) is 16.9 Å². The molecule has 0 saturated carbocycles. The second kappa shape index (κ2) is 8.66. The van der Waals surface area contributed by atoms with Crippen LogP contribution in [0.15, 0.2) is 59.7 Å². The molecule has 0 unspecified atom stereocenters. The summed E-state index contributed by atoms with van der Waals surface area (Å²) in [6.07, 6.45) is 3.34. The van der Waals surface area contributed by atoms with Crippen molar-refractivity contribution in [3.63, 3.8) is 0 Å². The van der Waals surface area contributed by atoms with Gasteiger partial charge in [0.05, 0.1) is 5.52 Å². The van der Waals surface area contributed by atoms with E-state index in [9.17, 15) is 14.4 Å². The second-order valence-corrected chi connectivity index (χ2v) is 7.97. The van der Waals surface area contributed by atoms with E-state index in [4.69, 9.17) is 0 Å². The molecule has 33 heavy (non-hydrogen) atoms. The Hall–Kier alpha value is -4.33. The lowest BCUT2D eigenvalue weighted by Gasteiger charge is -2.13. The number of hydrogen-bond acceptors (Lipinski definition) is 5. The Morgan fingerprint density at radius 3 is 2.42 bits per heavy atom. The van der Waals surface area contributed by atoms with E-state index < -0.39 is 11.9 Å². The fraction of sp³-hybridized carbons (Fsp3) is 0.160. The van der Waals surface area contributed by atoms with E-state index in [-0.39, 0.29) is 11.1 Å². The summed E-state index contributed by atoms with van der Waals surface area (Å²) in [6.45, 7) is 5.62. The fourth-order valence-electron chi connectivity index (χ4n) is 3.58. The van der Waals surface area contributed by atoms with Gasteiger partial charge in [-0.3, -0.25) is 25.2 Å². The Bertz CT molecular complexity index is 1460. The van der Waals surface area contributed by atoms with Crippen LogP contribution in [0.3, 0.4) is 0 Å². The Balaban J connectivity index is 1.64. The summed E-state index contributed by atoms with van der Waals surface area (Å²) in [5.41, 5.74) is 4.53. The van der Waals surface area contributed by atoms with E-state index in [2.05, 4.69) is 20.6 Å². The molecule has 0 fully saturated rings. The molecule has 0 spiro atoms. The summed E-state index contributed by atoms with van der Waals surface area (Å²) in [5, 5.41) is 5.64. The van der Waals surface area contributed by atoms with Gasteiger partial charge in [-0.2, -0.15) is 0 Å². The molecule has 0 bridgehead atoms. The minimum atomic E-state index is -0.693. The van der Waals surface area contributed by atoms with Crippen LogP contribution in [0.5, 0.6) is 0 Å². The summed E-state index contributed by atoms with van der Waals surface area (Å²) in [7, 11) is 1.71. The highest BCUT2D eigenvalue weighted by Crippen LogP contribution is 2.25. The highest BCUT2D eigenvalue weighted by atomic mass is 16.2. The maximum absolute atomic E-state index is 13.1. The molecule has 0 radical (unpaired) electrons. The maximum Gasteiger partial charge on any atom is 0.327 e. The second-order valence-electron chi connectivity index (χ2n) is 7.97. The average Bonchev–Trinajstić information content (AvgIpc) is 2.78. The number of urea groups is 1. The van der Waals surface area contributed by atoms with Gasteiger partial charge in [-0.15, -0.1) is 0 Å². The molecule has 4 rings (SSSR count). The van der Waals surface area contributed by atoms with Crippen molar-refractivity contribution in [3.8, 4) is 11.1 Å². The van der Waals surface area contributed by atoms with Crippen LogP contribution in [-0.2, 0) is 7.05 Å². The van der Waals surface area contributed by atoms with Gasteiger partial charge in [-0.05, 0) is 67.8 Å². The molecule has 8 heteroatoms. The van der Waals surface area contributed by atoms with Crippen molar-refractivity contribution in [2.24, 2.45) is 7.05 Å². The number of carbonyl (C=O) groups is 2. The minimum Gasteiger partial charge on any atom is -0.311 e. The quantitative estimate of drug-likeness (QED) is 0.502. The van der Waals surface area contributed by atoms with Crippen molar-refractivity contribution in [1.82, 2.24) is 19.9 Å². The number of benzene rings is 1. The number of nitrogens with one attached hydrogen (secondary N) is 2. The average molecular weight is 441 g/mol. The SMILES string of the molecule is Cc1ccc(NC(=O)NC(=O)c2ccc(C)c(-c3cc4cnc(C)cc4n(C)c3=O)c2)nc1. The van der Waals surface area contributed by atoms with Crippen LogP contribution in [0.25, 0.3) is 22.0 Å². The number of rotatable bonds is 3. The molecular formula is C25H23N5O3. The lowest BCUT2D eigenvalue weighted by Crippen LogP contribution is -2.34. The molecule has 0 saturated heterocycles. The van der Waals surface area contributed by atoms with Crippen molar-refractivity contribution in [3.05, 3.63) is 87.6 Å². The number of nitrogens with zero attached hydrogens (tertiary/aromatic N) is 3. The number of imide groups is 1. The standard InChI is InChI=1S/C25H23N5O3/c1-14-5-8-22(27-12-14)28-25(33)29-23(31)17-7-6-15(2)19(10-17)20-11-18-13-26-16(3)9-21(18)30(4)24(20)32/h5-13H,1-4H3,(H2,27,28,29,31,33). The van der Waals surface area contributed by atoms with Crippen LogP contribution in [-0.4, -0.2) is 26.5 Å². The number of carbonyl (C=O) groups excluding carboxylic acids is 2. The predicted molar refractivity (Wildman–Crippen MR) is 127 cm³/mol. The third-order valence-corrected chi connectivity index (χ3v) is 5.41. The highest BCUT2D eigenvalue weighted by molar-refractivity contribution is 6.08. The van der Waals surface area contributed by atoms with E-state index in [1.807, 2.05) is 26.8 Å². The minimum absolute atomic E-state index is 0.183. The first-order valence-electron chi connectivity index (χ1n) is 10.4. The van der Waals surface area contributed by atoms with E-state index >= 15 is 0 Å². The van der Waals surface area contributed by atoms with Gasteiger partial charge in [0.2, 0.25) is 0 Å².